The molecule has 7 heteroatoms. The summed E-state index contributed by atoms with van der Waals surface area (Å²) < 4.78 is 26.8. The van der Waals surface area contributed by atoms with Crippen LogP contribution in [-0.4, -0.2) is 44.3 Å². The number of hydrogen-bond donors (Lipinski definition) is 2. The predicted octanol–water partition coefficient (Wildman–Crippen LogP) is 1.96. The number of rotatable bonds is 10. The fraction of sp³-hybridized carbons (Fsp3) is 0.588. The third kappa shape index (κ3) is 5.89. The first kappa shape index (κ1) is 20.6. The molecule has 1 rings (SSSR count). The molecule has 0 aliphatic rings. The highest BCUT2D eigenvalue weighted by Gasteiger charge is 2.23. The van der Waals surface area contributed by atoms with Crippen molar-refractivity contribution in [1.29, 1.82) is 0 Å². The molecule has 3 N–H and O–H groups in total. The Morgan fingerprint density at radius 1 is 1.17 bits per heavy atom. The van der Waals surface area contributed by atoms with Gasteiger partial charge in [-0.3, -0.25) is 4.79 Å². The standard InChI is InChI=1S/C17H29N3O3S/c1-4-12-20(13-5-2)24(22,23)16-8-6-15(7-9-16)17(21)19-11-10-14(3)18/h6-9,14H,4-5,10-13,18H2,1-3H3,(H,19,21). The van der Waals surface area contributed by atoms with Gasteiger partial charge < -0.3 is 11.1 Å². The smallest absolute Gasteiger partial charge is 0.251 e. The lowest BCUT2D eigenvalue weighted by Crippen LogP contribution is -2.32. The maximum Gasteiger partial charge on any atom is 0.251 e. The molecule has 0 spiro atoms. The number of nitrogens with two attached hydrogens (primary N) is 1. The van der Waals surface area contributed by atoms with Crippen molar-refractivity contribution in [3.8, 4) is 0 Å². The zero-order valence-corrected chi connectivity index (χ0v) is 15.6. The van der Waals surface area contributed by atoms with Crippen LogP contribution in [0.4, 0.5) is 0 Å². The van der Waals surface area contributed by atoms with E-state index in [4.69, 9.17) is 5.73 Å². The van der Waals surface area contributed by atoms with Crippen LogP contribution in [0.15, 0.2) is 29.2 Å². The van der Waals surface area contributed by atoms with Crippen molar-refractivity contribution in [2.24, 2.45) is 5.73 Å². The largest absolute Gasteiger partial charge is 0.352 e. The summed E-state index contributed by atoms with van der Waals surface area (Å²) in [7, 11) is -3.51. The molecule has 0 saturated heterocycles. The molecule has 6 nitrogen and oxygen atoms in total. The van der Waals surface area contributed by atoms with Gasteiger partial charge in [0.25, 0.3) is 5.91 Å². The van der Waals surface area contributed by atoms with Crippen molar-refractivity contribution in [2.45, 2.75) is 51.0 Å². The van der Waals surface area contributed by atoms with E-state index in [1.807, 2.05) is 20.8 Å². The van der Waals surface area contributed by atoms with Crippen molar-refractivity contribution in [3.05, 3.63) is 29.8 Å². The third-order valence-electron chi connectivity index (χ3n) is 3.59. The Morgan fingerprint density at radius 2 is 1.71 bits per heavy atom. The van der Waals surface area contributed by atoms with E-state index in [0.717, 1.165) is 12.8 Å². The minimum Gasteiger partial charge on any atom is -0.352 e. The van der Waals surface area contributed by atoms with Crippen molar-refractivity contribution in [3.63, 3.8) is 0 Å². The number of nitrogens with one attached hydrogen (secondary N) is 1. The quantitative estimate of drug-likeness (QED) is 0.671. The predicted molar refractivity (Wildman–Crippen MR) is 96.4 cm³/mol. The van der Waals surface area contributed by atoms with Gasteiger partial charge >= 0.3 is 0 Å². The van der Waals surface area contributed by atoms with Crippen LogP contribution in [0.3, 0.4) is 0 Å². The molecule has 1 amide bonds. The fourth-order valence-corrected chi connectivity index (χ4v) is 3.92. The summed E-state index contributed by atoms with van der Waals surface area (Å²) in [6, 6.07) is 6.11. The van der Waals surface area contributed by atoms with Gasteiger partial charge in [-0.1, -0.05) is 13.8 Å². The lowest BCUT2D eigenvalue weighted by Gasteiger charge is -2.21. The van der Waals surface area contributed by atoms with E-state index in [1.165, 1.54) is 16.4 Å². The maximum absolute atomic E-state index is 12.7. The Kier molecular flexibility index (Phi) is 8.38. The molecule has 0 bridgehead atoms. The summed E-state index contributed by atoms with van der Waals surface area (Å²) in [5.74, 6) is -0.224. The molecule has 1 aromatic carbocycles. The summed E-state index contributed by atoms with van der Waals surface area (Å²) >= 11 is 0. The van der Waals surface area contributed by atoms with Gasteiger partial charge in [0.1, 0.15) is 0 Å². The molecule has 0 saturated carbocycles. The van der Waals surface area contributed by atoms with Crippen LogP contribution in [0.1, 0.15) is 50.4 Å². The summed E-state index contributed by atoms with van der Waals surface area (Å²) in [6.07, 6.45) is 2.22. The van der Waals surface area contributed by atoms with E-state index in [1.54, 1.807) is 12.1 Å². The maximum atomic E-state index is 12.7. The second-order valence-corrected chi connectivity index (χ2v) is 7.89. The molecular formula is C17H29N3O3S. The van der Waals surface area contributed by atoms with Crippen LogP contribution in [-0.2, 0) is 10.0 Å². The zero-order valence-electron chi connectivity index (χ0n) is 14.8. The monoisotopic (exact) mass is 355 g/mol. The first-order valence-electron chi connectivity index (χ1n) is 8.46. The Balaban J connectivity index is 2.83. The van der Waals surface area contributed by atoms with Crippen molar-refractivity contribution in [2.75, 3.05) is 19.6 Å². The van der Waals surface area contributed by atoms with E-state index in [9.17, 15) is 13.2 Å². The second kappa shape index (κ2) is 9.76. The molecule has 24 heavy (non-hydrogen) atoms. The van der Waals surface area contributed by atoms with Crippen molar-refractivity contribution in [1.82, 2.24) is 9.62 Å². The SMILES string of the molecule is CCCN(CCC)S(=O)(=O)c1ccc(C(=O)NCCC(C)N)cc1. The molecule has 136 valence electrons. The number of carbonyl (C=O) groups excluding carboxylic acids is 1. The first-order valence-corrected chi connectivity index (χ1v) is 9.90. The minimum atomic E-state index is -3.51. The van der Waals surface area contributed by atoms with Gasteiger partial charge in [0.2, 0.25) is 10.0 Å². The fourth-order valence-electron chi connectivity index (χ4n) is 2.29. The lowest BCUT2D eigenvalue weighted by molar-refractivity contribution is 0.0952. The number of hydrogen-bond acceptors (Lipinski definition) is 4. The van der Waals surface area contributed by atoms with Crippen LogP contribution in [0.25, 0.3) is 0 Å². The zero-order chi connectivity index (χ0) is 18.2. The van der Waals surface area contributed by atoms with E-state index < -0.39 is 10.0 Å². The van der Waals surface area contributed by atoms with Gasteiger partial charge in [-0.25, -0.2) is 8.42 Å². The van der Waals surface area contributed by atoms with Crippen LogP contribution in [0, 0.1) is 0 Å². The molecule has 0 radical (unpaired) electrons. The topological polar surface area (TPSA) is 92.5 Å². The number of amides is 1. The van der Waals surface area contributed by atoms with Gasteiger partial charge in [-0.2, -0.15) is 4.31 Å². The first-order chi connectivity index (χ1) is 11.3. The molecule has 0 aliphatic carbocycles. The van der Waals surface area contributed by atoms with Crippen molar-refractivity contribution >= 4 is 15.9 Å². The molecular weight excluding hydrogens is 326 g/mol. The van der Waals surface area contributed by atoms with E-state index in [0.29, 0.717) is 31.6 Å². The molecule has 1 unspecified atom stereocenters. The summed E-state index contributed by atoms with van der Waals surface area (Å²) in [5.41, 5.74) is 6.08. The van der Waals surface area contributed by atoms with Gasteiger partial charge in [-0.15, -0.1) is 0 Å². The van der Waals surface area contributed by atoms with Crippen LogP contribution in [0.2, 0.25) is 0 Å². The van der Waals surface area contributed by atoms with Gasteiger partial charge in [0, 0.05) is 31.2 Å². The summed E-state index contributed by atoms with van der Waals surface area (Å²) in [5, 5.41) is 2.77. The van der Waals surface area contributed by atoms with Crippen molar-refractivity contribution < 1.29 is 13.2 Å². The highest BCUT2D eigenvalue weighted by atomic mass is 32.2. The second-order valence-electron chi connectivity index (χ2n) is 5.95. The Labute approximate surface area is 145 Å². The third-order valence-corrected chi connectivity index (χ3v) is 5.50. The highest BCUT2D eigenvalue weighted by Crippen LogP contribution is 2.17. The van der Waals surface area contributed by atoms with Crippen LogP contribution in [0.5, 0.6) is 0 Å². The Morgan fingerprint density at radius 3 is 2.17 bits per heavy atom. The molecule has 1 aromatic rings. The average molecular weight is 356 g/mol. The minimum absolute atomic E-state index is 0.0286. The van der Waals surface area contributed by atoms with E-state index in [2.05, 4.69) is 5.32 Å². The molecule has 0 heterocycles. The van der Waals surface area contributed by atoms with Crippen LogP contribution < -0.4 is 11.1 Å². The normalized spacial score (nSPS) is 13.0. The summed E-state index contributed by atoms with van der Waals surface area (Å²) in [4.78, 5) is 12.2. The van der Waals surface area contributed by atoms with E-state index in [-0.39, 0.29) is 16.8 Å². The number of nitrogens with zero attached hydrogens (tertiary/aromatic N) is 1. The Bertz CT molecular complexity index is 606. The van der Waals surface area contributed by atoms with Gasteiger partial charge in [-0.05, 0) is 50.5 Å². The van der Waals surface area contributed by atoms with E-state index >= 15 is 0 Å². The lowest BCUT2D eigenvalue weighted by atomic mass is 10.2. The van der Waals surface area contributed by atoms with Gasteiger partial charge in [0.15, 0.2) is 0 Å². The average Bonchev–Trinajstić information content (AvgIpc) is 2.54. The number of carbonyl (C=O) groups is 1. The number of sulfonamides is 1. The summed E-state index contributed by atoms with van der Waals surface area (Å²) in [6.45, 7) is 7.27. The molecule has 0 aliphatic heterocycles. The highest BCUT2D eigenvalue weighted by molar-refractivity contribution is 7.89. The molecule has 1 atom stereocenters. The Hall–Kier alpha value is -1.44. The molecule has 0 fully saturated rings. The van der Waals surface area contributed by atoms with Gasteiger partial charge in [0.05, 0.1) is 4.90 Å². The number of benzene rings is 1. The molecule has 0 aromatic heterocycles. The van der Waals surface area contributed by atoms with Crippen LogP contribution >= 0.6 is 0 Å².